The topological polar surface area (TPSA) is 105 Å². The van der Waals surface area contributed by atoms with E-state index in [4.69, 9.17) is 14.6 Å². The summed E-state index contributed by atoms with van der Waals surface area (Å²) in [5, 5.41) is 18.2. The van der Waals surface area contributed by atoms with E-state index in [9.17, 15) is 14.7 Å². The quantitative estimate of drug-likeness (QED) is 0.191. The number of hydrogen-bond acceptors (Lipinski definition) is 7. The van der Waals surface area contributed by atoms with Gasteiger partial charge in [-0.15, -0.1) is 0 Å². The summed E-state index contributed by atoms with van der Waals surface area (Å²) in [5.74, 6) is -3.28. The van der Waals surface area contributed by atoms with Crippen LogP contribution in [0.1, 0.15) is 0 Å². The molecule has 0 aliphatic carbocycles. The number of ether oxygens (including phenoxy) is 3. The molecule has 88 valence electrons. The molecule has 0 fully saturated rings. The predicted molar refractivity (Wildman–Crippen MR) is 44.7 cm³/mol. The smallest absolute Gasteiger partial charge is 0.539 e. The van der Waals surface area contributed by atoms with Gasteiger partial charge in [-0.3, -0.25) is 0 Å². The van der Waals surface area contributed by atoms with E-state index in [-0.39, 0.29) is 51.9 Å². The number of aliphatic hydroxyl groups is 1. The van der Waals surface area contributed by atoms with Gasteiger partial charge in [0.15, 0.2) is 5.97 Å². The molecule has 0 saturated carbocycles. The number of carbonyl (C=O) groups is 2. The Kier molecular flexibility index (Phi) is 13.9. The first-order valence-electron chi connectivity index (χ1n) is 4.33. The number of aliphatic hydroxyl groups excluding tert-OH is 1. The van der Waals surface area contributed by atoms with Gasteiger partial charge >= 0.3 is 24.8 Å². The van der Waals surface area contributed by atoms with Crippen molar-refractivity contribution in [3.8, 4) is 0 Å². The molecule has 0 aliphatic rings. The zero-order chi connectivity index (χ0) is 11.5. The molecule has 0 aromatic heterocycles. The van der Waals surface area contributed by atoms with Crippen LogP contribution in [0.2, 0.25) is 0 Å². The molecule has 1 N–H and O–H groups in total. The van der Waals surface area contributed by atoms with Crippen LogP contribution in [0.5, 0.6) is 0 Å². The number of esters is 1. The molecule has 0 amide bonds. The SMILES string of the molecule is O=C([O-])C(=O)OCCOCCOCCO.[Li+]. The normalized spacial score (nSPS) is 9.31. The molecule has 0 spiro atoms. The van der Waals surface area contributed by atoms with Crippen molar-refractivity contribution in [1.82, 2.24) is 0 Å². The zero-order valence-corrected chi connectivity index (χ0v) is 9.14. The van der Waals surface area contributed by atoms with Crippen LogP contribution in [0.3, 0.4) is 0 Å². The molecule has 0 radical (unpaired) electrons. The van der Waals surface area contributed by atoms with Gasteiger partial charge < -0.3 is 29.2 Å². The van der Waals surface area contributed by atoms with E-state index < -0.39 is 11.9 Å². The summed E-state index contributed by atoms with van der Waals surface area (Å²) in [6, 6.07) is 0. The number of hydrogen-bond donors (Lipinski definition) is 1. The minimum atomic E-state index is -1.87. The van der Waals surface area contributed by atoms with Crippen LogP contribution in [-0.4, -0.2) is 56.7 Å². The number of aliphatic carboxylic acids is 1. The van der Waals surface area contributed by atoms with E-state index in [1.54, 1.807) is 0 Å². The minimum Gasteiger partial charge on any atom is -0.539 e. The van der Waals surface area contributed by atoms with E-state index in [0.29, 0.717) is 6.61 Å². The molecule has 0 atom stereocenters. The second kappa shape index (κ2) is 12.5. The van der Waals surface area contributed by atoms with Crippen LogP contribution < -0.4 is 24.0 Å². The summed E-state index contributed by atoms with van der Waals surface area (Å²) in [4.78, 5) is 20.2. The number of rotatable bonds is 8. The average molecular weight is 228 g/mol. The summed E-state index contributed by atoms with van der Waals surface area (Å²) in [6.45, 7) is 0.721. The third-order valence-corrected chi connectivity index (χ3v) is 1.24. The summed E-state index contributed by atoms with van der Waals surface area (Å²) >= 11 is 0. The molecule has 0 aliphatic heterocycles. The van der Waals surface area contributed by atoms with Crippen molar-refractivity contribution in [2.45, 2.75) is 0 Å². The third-order valence-electron chi connectivity index (χ3n) is 1.24. The second-order valence-electron chi connectivity index (χ2n) is 2.37. The molecule has 0 unspecified atom stereocenters. The Morgan fingerprint density at radius 2 is 1.50 bits per heavy atom. The average Bonchev–Trinajstić information content (AvgIpc) is 2.21. The van der Waals surface area contributed by atoms with Crippen LogP contribution in [0, 0.1) is 0 Å². The van der Waals surface area contributed by atoms with Crippen LogP contribution >= 0.6 is 0 Å². The van der Waals surface area contributed by atoms with E-state index in [0.717, 1.165) is 0 Å². The Labute approximate surface area is 105 Å². The Bertz CT molecular complexity index is 197. The third kappa shape index (κ3) is 11.5. The summed E-state index contributed by atoms with van der Waals surface area (Å²) < 4.78 is 14.0. The maximum Gasteiger partial charge on any atom is 1.00 e. The van der Waals surface area contributed by atoms with E-state index in [1.165, 1.54) is 0 Å². The van der Waals surface area contributed by atoms with Crippen LogP contribution in [0.25, 0.3) is 0 Å². The van der Waals surface area contributed by atoms with Crippen molar-refractivity contribution in [2.75, 3.05) is 39.6 Å². The van der Waals surface area contributed by atoms with Gasteiger partial charge in [0.05, 0.1) is 33.0 Å². The molecule has 0 aromatic rings. The first kappa shape index (κ1) is 17.8. The van der Waals surface area contributed by atoms with Gasteiger partial charge in [0.1, 0.15) is 6.61 Å². The minimum absolute atomic E-state index is 0. The molecule has 0 aromatic carbocycles. The fourth-order valence-electron chi connectivity index (χ4n) is 0.639. The number of carboxylic acids is 1. The molecule has 0 saturated heterocycles. The van der Waals surface area contributed by atoms with Crippen molar-refractivity contribution in [3.63, 3.8) is 0 Å². The largest absolute Gasteiger partial charge is 1.00 e. The fraction of sp³-hybridized carbons (Fsp3) is 0.750. The van der Waals surface area contributed by atoms with Crippen LogP contribution in [-0.2, 0) is 23.8 Å². The number of carboxylic acid groups (broad SMARTS) is 1. The Morgan fingerprint density at radius 3 is 2.00 bits per heavy atom. The van der Waals surface area contributed by atoms with Gasteiger partial charge in [0, 0.05) is 0 Å². The number of carbonyl (C=O) groups excluding carboxylic acids is 2. The Morgan fingerprint density at radius 1 is 1.00 bits per heavy atom. The summed E-state index contributed by atoms with van der Waals surface area (Å²) in [7, 11) is 0. The molecule has 7 nitrogen and oxygen atoms in total. The molecular formula is C8H13LiO7. The molecular weight excluding hydrogens is 215 g/mol. The van der Waals surface area contributed by atoms with E-state index in [1.807, 2.05) is 0 Å². The van der Waals surface area contributed by atoms with Crippen LogP contribution in [0.4, 0.5) is 0 Å². The first-order valence-corrected chi connectivity index (χ1v) is 4.33. The van der Waals surface area contributed by atoms with Gasteiger partial charge in [-0.2, -0.15) is 0 Å². The van der Waals surface area contributed by atoms with E-state index in [2.05, 4.69) is 4.74 Å². The molecule has 16 heavy (non-hydrogen) atoms. The van der Waals surface area contributed by atoms with Crippen molar-refractivity contribution < 1.29 is 52.9 Å². The van der Waals surface area contributed by atoms with E-state index >= 15 is 0 Å². The maximum atomic E-state index is 10.3. The van der Waals surface area contributed by atoms with Gasteiger partial charge in [0.25, 0.3) is 0 Å². The Balaban J connectivity index is 0. The van der Waals surface area contributed by atoms with Gasteiger partial charge in [-0.25, -0.2) is 4.79 Å². The summed E-state index contributed by atoms with van der Waals surface area (Å²) in [6.07, 6.45) is 0. The van der Waals surface area contributed by atoms with Crippen molar-refractivity contribution in [3.05, 3.63) is 0 Å². The fourth-order valence-corrected chi connectivity index (χ4v) is 0.639. The zero-order valence-electron chi connectivity index (χ0n) is 9.14. The molecule has 0 heterocycles. The van der Waals surface area contributed by atoms with Gasteiger partial charge in [0.2, 0.25) is 0 Å². The van der Waals surface area contributed by atoms with Gasteiger partial charge in [-0.05, 0) is 0 Å². The molecule has 0 bridgehead atoms. The monoisotopic (exact) mass is 228 g/mol. The second-order valence-corrected chi connectivity index (χ2v) is 2.37. The van der Waals surface area contributed by atoms with Crippen molar-refractivity contribution in [2.24, 2.45) is 0 Å². The van der Waals surface area contributed by atoms with Gasteiger partial charge in [-0.1, -0.05) is 0 Å². The van der Waals surface area contributed by atoms with Crippen LogP contribution in [0.15, 0.2) is 0 Å². The maximum absolute atomic E-state index is 10.3. The predicted octanol–water partition coefficient (Wildman–Crippen LogP) is -5.69. The standard InChI is InChI=1S/C8H14O7.Li/c9-1-2-13-3-4-14-5-6-15-8(12)7(10)11;/h9H,1-6H2,(H,10,11);/q;+1/p-1. The summed E-state index contributed by atoms with van der Waals surface area (Å²) in [5.41, 5.74) is 0. The van der Waals surface area contributed by atoms with Crippen molar-refractivity contribution >= 4 is 11.9 Å². The molecule has 8 heteroatoms. The Hall–Kier alpha value is -0.583. The van der Waals surface area contributed by atoms with Crippen molar-refractivity contribution in [1.29, 1.82) is 0 Å². The first-order chi connectivity index (χ1) is 7.18. The molecule has 0 rings (SSSR count).